The monoisotopic (exact) mass is 699 g/mol. The van der Waals surface area contributed by atoms with E-state index in [4.69, 9.17) is 9.97 Å². The third-order valence-electron chi connectivity index (χ3n) is 11.0. The molecule has 256 valence electrons. The molecule has 9 aromatic carbocycles. The zero-order valence-electron chi connectivity index (χ0n) is 29.9. The van der Waals surface area contributed by atoms with Gasteiger partial charge in [-0.25, -0.2) is 9.97 Å². The first-order valence-corrected chi connectivity index (χ1v) is 18.7. The number of para-hydroxylation sites is 3. The van der Waals surface area contributed by atoms with Gasteiger partial charge in [0.05, 0.1) is 22.2 Å². The van der Waals surface area contributed by atoms with Gasteiger partial charge in [0, 0.05) is 27.6 Å². The number of aromatic nitrogens is 3. The Morgan fingerprint density at radius 3 is 1.69 bits per heavy atom. The molecule has 11 rings (SSSR count). The van der Waals surface area contributed by atoms with Gasteiger partial charge in [-0.05, 0) is 85.6 Å². The van der Waals surface area contributed by atoms with Crippen LogP contribution >= 0.6 is 0 Å². The van der Waals surface area contributed by atoms with E-state index in [-0.39, 0.29) is 0 Å². The van der Waals surface area contributed by atoms with Crippen LogP contribution in [0.25, 0.3) is 105 Å². The van der Waals surface area contributed by atoms with Crippen LogP contribution in [0.1, 0.15) is 0 Å². The smallest absolute Gasteiger partial charge is 0.145 e. The molecule has 0 saturated heterocycles. The number of fused-ring (bicyclic) bond motifs is 6. The van der Waals surface area contributed by atoms with E-state index in [1.807, 2.05) is 0 Å². The van der Waals surface area contributed by atoms with Gasteiger partial charge in [-0.1, -0.05) is 164 Å². The lowest BCUT2D eigenvalue weighted by molar-refractivity contribution is 1.10. The van der Waals surface area contributed by atoms with Crippen molar-refractivity contribution in [2.24, 2.45) is 0 Å². The second-order valence-electron chi connectivity index (χ2n) is 14.1. The molecule has 0 aliphatic heterocycles. The van der Waals surface area contributed by atoms with Gasteiger partial charge in [0.15, 0.2) is 0 Å². The van der Waals surface area contributed by atoms with Crippen LogP contribution < -0.4 is 0 Å². The second-order valence-corrected chi connectivity index (χ2v) is 14.1. The van der Waals surface area contributed by atoms with Crippen LogP contribution in [-0.2, 0) is 0 Å². The molecule has 0 saturated carbocycles. The summed E-state index contributed by atoms with van der Waals surface area (Å²) in [5, 5.41) is 8.28. The minimum absolute atomic E-state index is 0.922. The summed E-state index contributed by atoms with van der Waals surface area (Å²) in [6, 6.07) is 71.6. The summed E-state index contributed by atoms with van der Waals surface area (Å²) in [5.41, 5.74) is 12.0. The molecule has 0 spiro atoms. The van der Waals surface area contributed by atoms with Gasteiger partial charge in [-0.2, -0.15) is 0 Å². The predicted molar refractivity (Wildman–Crippen MR) is 231 cm³/mol. The van der Waals surface area contributed by atoms with Crippen molar-refractivity contribution < 1.29 is 0 Å². The molecule has 11 aromatic rings. The van der Waals surface area contributed by atoms with Gasteiger partial charge >= 0.3 is 0 Å². The molecule has 0 radical (unpaired) electrons. The van der Waals surface area contributed by atoms with Crippen molar-refractivity contribution in [2.45, 2.75) is 0 Å². The van der Waals surface area contributed by atoms with Crippen molar-refractivity contribution >= 4 is 54.3 Å². The van der Waals surface area contributed by atoms with E-state index in [0.29, 0.717) is 0 Å². The maximum absolute atomic E-state index is 5.53. The number of imidazole rings is 1. The zero-order valence-corrected chi connectivity index (χ0v) is 29.9. The number of hydrogen-bond acceptors (Lipinski definition) is 2. The largest absolute Gasteiger partial charge is 0.292 e. The molecule has 3 nitrogen and oxygen atoms in total. The Bertz CT molecular complexity index is 3240. The van der Waals surface area contributed by atoms with Gasteiger partial charge < -0.3 is 0 Å². The molecule has 0 amide bonds. The Morgan fingerprint density at radius 1 is 0.345 bits per heavy atom. The SMILES string of the molecule is c1ccc(-n2c(-c3ccc(-c4cc5c(-c6cccc7ccccc67)cc(-c6cccc7ccccc67)nc5c5ccccc45)cc3)nc3ccccc32)cc1. The summed E-state index contributed by atoms with van der Waals surface area (Å²) in [6.45, 7) is 0. The lowest BCUT2D eigenvalue weighted by atomic mass is 9.89. The van der Waals surface area contributed by atoms with Crippen molar-refractivity contribution in [2.75, 3.05) is 0 Å². The molecule has 0 unspecified atom stereocenters. The average molecular weight is 700 g/mol. The van der Waals surface area contributed by atoms with E-state index in [9.17, 15) is 0 Å². The van der Waals surface area contributed by atoms with Crippen molar-refractivity contribution in [3.63, 3.8) is 0 Å². The number of pyridine rings is 1. The van der Waals surface area contributed by atoms with Crippen molar-refractivity contribution in [3.05, 3.63) is 200 Å². The maximum atomic E-state index is 5.53. The lowest BCUT2D eigenvalue weighted by Gasteiger charge is -2.17. The molecule has 0 bridgehead atoms. The van der Waals surface area contributed by atoms with Crippen LogP contribution in [0.3, 0.4) is 0 Å². The van der Waals surface area contributed by atoms with E-state index >= 15 is 0 Å². The number of rotatable bonds is 5. The summed E-state index contributed by atoms with van der Waals surface area (Å²) in [5.74, 6) is 0.922. The van der Waals surface area contributed by atoms with Gasteiger partial charge in [0.1, 0.15) is 5.82 Å². The quantitative estimate of drug-likeness (QED) is 0.167. The van der Waals surface area contributed by atoms with Crippen molar-refractivity contribution in [1.29, 1.82) is 0 Å². The van der Waals surface area contributed by atoms with E-state index in [2.05, 4.69) is 205 Å². The minimum atomic E-state index is 0.922. The van der Waals surface area contributed by atoms with E-state index < -0.39 is 0 Å². The average Bonchev–Trinajstić information content (AvgIpc) is 3.65. The predicted octanol–water partition coefficient (Wildman–Crippen LogP) is 13.7. The molecule has 2 heterocycles. The normalized spacial score (nSPS) is 11.6. The molecule has 0 fully saturated rings. The highest BCUT2D eigenvalue weighted by Crippen LogP contribution is 2.43. The Morgan fingerprint density at radius 2 is 0.927 bits per heavy atom. The Hall–Kier alpha value is -7.36. The fourth-order valence-corrected chi connectivity index (χ4v) is 8.42. The summed E-state index contributed by atoms with van der Waals surface area (Å²) in [6.07, 6.45) is 0. The highest BCUT2D eigenvalue weighted by Gasteiger charge is 2.19. The fraction of sp³-hybridized carbons (Fsp3) is 0. The first-order chi connectivity index (χ1) is 27.3. The first kappa shape index (κ1) is 31.2. The van der Waals surface area contributed by atoms with Crippen LogP contribution in [0.15, 0.2) is 200 Å². The number of hydrogen-bond donors (Lipinski definition) is 0. The number of benzene rings is 9. The lowest BCUT2D eigenvalue weighted by Crippen LogP contribution is -1.97. The Kier molecular flexibility index (Phi) is 7.17. The Balaban J connectivity index is 1.15. The topological polar surface area (TPSA) is 30.7 Å². The Labute approximate surface area is 318 Å². The van der Waals surface area contributed by atoms with Crippen molar-refractivity contribution in [1.82, 2.24) is 14.5 Å². The highest BCUT2D eigenvalue weighted by molar-refractivity contribution is 6.18. The van der Waals surface area contributed by atoms with E-state index in [0.717, 1.165) is 61.2 Å². The van der Waals surface area contributed by atoms with Gasteiger partial charge in [0.2, 0.25) is 0 Å². The summed E-state index contributed by atoms with van der Waals surface area (Å²) < 4.78 is 2.26. The minimum Gasteiger partial charge on any atom is -0.292 e. The zero-order chi connectivity index (χ0) is 36.3. The van der Waals surface area contributed by atoms with Crippen LogP contribution in [-0.4, -0.2) is 14.5 Å². The fourth-order valence-electron chi connectivity index (χ4n) is 8.42. The van der Waals surface area contributed by atoms with E-state index in [1.165, 1.54) is 43.6 Å². The highest BCUT2D eigenvalue weighted by atomic mass is 15.1. The molecular weight excluding hydrogens is 667 g/mol. The van der Waals surface area contributed by atoms with Gasteiger partial charge in [0.25, 0.3) is 0 Å². The first-order valence-electron chi connectivity index (χ1n) is 18.7. The second kappa shape index (κ2) is 12.6. The standard InChI is InChI=1S/C52H33N3/c1-2-18-38(19-3-1)55-50-27-11-10-26-48(50)54-52(55)37-30-28-36(29-31-37)45-32-47-46(41-24-12-16-34-14-4-6-20-39(34)41)33-49(53-51(47)44-23-9-8-22-42(44)45)43-25-13-17-35-15-5-7-21-40(35)43/h1-33H. The maximum Gasteiger partial charge on any atom is 0.145 e. The molecule has 0 aliphatic rings. The molecule has 0 N–H and O–H groups in total. The number of nitrogens with zero attached hydrogens (tertiary/aromatic N) is 3. The molecular formula is C52H33N3. The molecule has 55 heavy (non-hydrogen) atoms. The van der Waals surface area contributed by atoms with Crippen molar-refractivity contribution in [3.8, 4) is 50.6 Å². The molecule has 0 atom stereocenters. The summed E-state index contributed by atoms with van der Waals surface area (Å²) in [4.78, 5) is 10.7. The van der Waals surface area contributed by atoms with E-state index in [1.54, 1.807) is 0 Å². The van der Waals surface area contributed by atoms with Crippen LogP contribution in [0.5, 0.6) is 0 Å². The summed E-state index contributed by atoms with van der Waals surface area (Å²) >= 11 is 0. The van der Waals surface area contributed by atoms with Crippen LogP contribution in [0.2, 0.25) is 0 Å². The third kappa shape index (κ3) is 5.13. The summed E-state index contributed by atoms with van der Waals surface area (Å²) in [7, 11) is 0. The molecule has 3 heteroatoms. The van der Waals surface area contributed by atoms with Crippen LogP contribution in [0.4, 0.5) is 0 Å². The molecule has 0 aliphatic carbocycles. The van der Waals surface area contributed by atoms with Crippen LogP contribution in [0, 0.1) is 0 Å². The van der Waals surface area contributed by atoms with Gasteiger partial charge in [-0.15, -0.1) is 0 Å². The van der Waals surface area contributed by atoms with Gasteiger partial charge in [-0.3, -0.25) is 4.57 Å². The third-order valence-corrected chi connectivity index (χ3v) is 11.0. The molecule has 2 aromatic heterocycles.